The molecule has 2 nitrogen and oxygen atoms in total. The highest BCUT2D eigenvalue weighted by atomic mass is 19.4. The van der Waals surface area contributed by atoms with Crippen LogP contribution in [0.1, 0.15) is 44.6 Å². The number of nitrogens with zero attached hydrogens (tertiary/aromatic N) is 2. The van der Waals surface area contributed by atoms with Gasteiger partial charge < -0.3 is 0 Å². The van der Waals surface area contributed by atoms with Crippen LogP contribution in [0.25, 0.3) is 0 Å². The van der Waals surface area contributed by atoms with Crippen LogP contribution in [-0.2, 0) is 6.18 Å². The molecule has 1 rings (SSSR count). The molecule has 0 bridgehead atoms. The lowest BCUT2D eigenvalue weighted by molar-refractivity contribution is -0.141. The van der Waals surface area contributed by atoms with Crippen molar-refractivity contribution in [1.82, 2.24) is 4.98 Å². The van der Waals surface area contributed by atoms with Gasteiger partial charge >= 0.3 is 6.18 Å². The van der Waals surface area contributed by atoms with Gasteiger partial charge in [0.05, 0.1) is 5.56 Å². The molecule has 0 saturated heterocycles. The van der Waals surface area contributed by atoms with E-state index in [4.69, 9.17) is 5.26 Å². The standard InChI is InChI=1S/C8H5F3N2.2C2H6/c1-5-2-3-6(4-12)7(13-5)8(9,10)11;2*1-2/h2-3H,1H3;2*1-2H3. The van der Waals surface area contributed by atoms with Gasteiger partial charge in [-0.05, 0) is 19.1 Å². The molecule has 0 N–H and O–H groups in total. The fourth-order valence-corrected chi connectivity index (χ4v) is 0.863. The number of halogens is 3. The van der Waals surface area contributed by atoms with Gasteiger partial charge in [-0.1, -0.05) is 27.7 Å². The highest BCUT2D eigenvalue weighted by Gasteiger charge is 2.35. The van der Waals surface area contributed by atoms with Gasteiger partial charge in [-0.2, -0.15) is 18.4 Å². The second-order valence-corrected chi connectivity index (χ2v) is 2.46. The molecule has 0 aliphatic carbocycles. The third kappa shape index (κ3) is 5.91. The van der Waals surface area contributed by atoms with Crippen LogP contribution in [0, 0.1) is 18.3 Å². The minimum absolute atomic E-state index is 0.242. The van der Waals surface area contributed by atoms with Crippen molar-refractivity contribution in [2.45, 2.75) is 40.8 Å². The molecular weight excluding hydrogens is 229 g/mol. The monoisotopic (exact) mass is 246 g/mol. The van der Waals surface area contributed by atoms with Crippen LogP contribution in [-0.4, -0.2) is 4.98 Å². The van der Waals surface area contributed by atoms with E-state index in [2.05, 4.69) is 4.98 Å². The molecule has 0 aliphatic rings. The first-order valence-electron chi connectivity index (χ1n) is 5.40. The summed E-state index contributed by atoms with van der Waals surface area (Å²) >= 11 is 0. The van der Waals surface area contributed by atoms with E-state index in [0.717, 1.165) is 6.07 Å². The van der Waals surface area contributed by atoms with Gasteiger partial charge in [0, 0.05) is 5.69 Å². The Kier molecular flexibility index (Phi) is 8.98. The van der Waals surface area contributed by atoms with Crippen LogP contribution in [0.2, 0.25) is 0 Å². The molecule has 0 saturated carbocycles. The Morgan fingerprint density at radius 3 is 1.94 bits per heavy atom. The lowest BCUT2D eigenvalue weighted by atomic mass is 10.2. The molecule has 1 heterocycles. The number of hydrogen-bond acceptors (Lipinski definition) is 2. The Morgan fingerprint density at radius 2 is 1.59 bits per heavy atom. The van der Waals surface area contributed by atoms with E-state index in [1.165, 1.54) is 19.1 Å². The van der Waals surface area contributed by atoms with E-state index >= 15 is 0 Å². The van der Waals surface area contributed by atoms with Crippen molar-refractivity contribution in [3.05, 3.63) is 29.1 Å². The van der Waals surface area contributed by atoms with Crippen molar-refractivity contribution in [2.75, 3.05) is 0 Å². The molecule has 1 aromatic rings. The zero-order chi connectivity index (χ0) is 14.1. The molecule has 5 heteroatoms. The van der Waals surface area contributed by atoms with Crippen LogP contribution in [0.5, 0.6) is 0 Å². The Hall–Kier alpha value is -1.57. The largest absolute Gasteiger partial charge is 0.434 e. The summed E-state index contributed by atoms with van der Waals surface area (Å²) in [7, 11) is 0. The van der Waals surface area contributed by atoms with Gasteiger partial charge in [-0.25, -0.2) is 4.98 Å². The molecule has 0 atom stereocenters. The maximum Gasteiger partial charge on any atom is 0.434 e. The first-order valence-corrected chi connectivity index (χ1v) is 5.40. The third-order valence-corrected chi connectivity index (χ3v) is 1.42. The molecule has 0 spiro atoms. The molecule has 0 aliphatic heterocycles. The van der Waals surface area contributed by atoms with Gasteiger partial charge in [0.25, 0.3) is 0 Å². The normalized spacial score (nSPS) is 9.12. The lowest BCUT2D eigenvalue weighted by Gasteiger charge is -2.07. The smallest absolute Gasteiger partial charge is 0.247 e. The number of rotatable bonds is 0. The second kappa shape index (κ2) is 8.57. The Bertz CT molecular complexity index is 365. The number of alkyl halides is 3. The summed E-state index contributed by atoms with van der Waals surface area (Å²) in [6, 6.07) is 3.93. The molecule has 0 radical (unpaired) electrons. The average Bonchev–Trinajstić information content (AvgIpc) is 2.33. The first-order chi connectivity index (χ1) is 7.95. The Labute approximate surface area is 100 Å². The minimum Gasteiger partial charge on any atom is -0.247 e. The average molecular weight is 246 g/mol. The second-order valence-electron chi connectivity index (χ2n) is 2.46. The summed E-state index contributed by atoms with van der Waals surface area (Å²) < 4.78 is 36.6. The number of aryl methyl sites for hydroxylation is 1. The predicted molar refractivity (Wildman–Crippen MR) is 61.4 cm³/mol. The van der Waals surface area contributed by atoms with Crippen molar-refractivity contribution in [3.8, 4) is 6.07 Å². The molecule has 0 fully saturated rings. The van der Waals surface area contributed by atoms with Gasteiger partial charge in [0.1, 0.15) is 6.07 Å². The summed E-state index contributed by atoms with van der Waals surface area (Å²) in [5, 5.41) is 8.38. The van der Waals surface area contributed by atoms with Crippen LogP contribution in [0.3, 0.4) is 0 Å². The number of nitriles is 1. The molecule has 96 valence electrons. The molecule has 1 aromatic heterocycles. The van der Waals surface area contributed by atoms with Crippen molar-refractivity contribution in [1.29, 1.82) is 5.26 Å². The first kappa shape index (κ1) is 17.8. The maximum absolute atomic E-state index is 12.2. The van der Waals surface area contributed by atoms with E-state index in [1.54, 1.807) is 0 Å². The highest BCUT2D eigenvalue weighted by Crippen LogP contribution is 2.29. The summed E-state index contributed by atoms with van der Waals surface area (Å²) in [5.74, 6) is 0. The maximum atomic E-state index is 12.2. The number of hydrogen-bond donors (Lipinski definition) is 0. The van der Waals surface area contributed by atoms with Gasteiger partial charge in [0.15, 0.2) is 5.69 Å². The van der Waals surface area contributed by atoms with Gasteiger partial charge in [-0.3, -0.25) is 0 Å². The van der Waals surface area contributed by atoms with Crippen molar-refractivity contribution >= 4 is 0 Å². The van der Waals surface area contributed by atoms with Gasteiger partial charge in [-0.15, -0.1) is 0 Å². The number of pyridine rings is 1. The fourth-order valence-electron chi connectivity index (χ4n) is 0.863. The predicted octanol–water partition coefficient (Wildman–Crippen LogP) is 4.33. The summed E-state index contributed by atoms with van der Waals surface area (Å²) in [5.41, 5.74) is -1.32. The van der Waals surface area contributed by atoms with Crippen LogP contribution < -0.4 is 0 Å². The zero-order valence-electron chi connectivity index (χ0n) is 10.7. The van der Waals surface area contributed by atoms with Crippen molar-refractivity contribution in [2.24, 2.45) is 0 Å². The van der Waals surface area contributed by atoms with Crippen LogP contribution in [0.15, 0.2) is 12.1 Å². The van der Waals surface area contributed by atoms with Gasteiger partial charge in [0.2, 0.25) is 0 Å². The SMILES string of the molecule is CC.CC.Cc1ccc(C#N)c(C(F)(F)F)n1. The summed E-state index contributed by atoms with van der Waals surface area (Å²) in [6.07, 6.45) is -4.56. The molecule has 0 aromatic carbocycles. The molecule has 0 amide bonds. The lowest BCUT2D eigenvalue weighted by Crippen LogP contribution is -2.11. The van der Waals surface area contributed by atoms with E-state index in [1.807, 2.05) is 27.7 Å². The number of aromatic nitrogens is 1. The minimum atomic E-state index is -4.56. The Morgan fingerprint density at radius 1 is 1.12 bits per heavy atom. The molecule has 0 unspecified atom stereocenters. The topological polar surface area (TPSA) is 36.7 Å². The third-order valence-electron chi connectivity index (χ3n) is 1.42. The molecule has 17 heavy (non-hydrogen) atoms. The highest BCUT2D eigenvalue weighted by molar-refractivity contribution is 5.35. The summed E-state index contributed by atoms with van der Waals surface area (Å²) in [4.78, 5) is 3.27. The fraction of sp³-hybridized carbons (Fsp3) is 0.500. The van der Waals surface area contributed by atoms with Crippen molar-refractivity contribution in [3.63, 3.8) is 0 Å². The van der Waals surface area contributed by atoms with Crippen LogP contribution >= 0.6 is 0 Å². The molecular formula is C12H17F3N2. The zero-order valence-corrected chi connectivity index (χ0v) is 10.7. The Balaban J connectivity index is 0. The quantitative estimate of drug-likeness (QED) is 0.683. The summed E-state index contributed by atoms with van der Waals surface area (Å²) in [6.45, 7) is 9.44. The van der Waals surface area contributed by atoms with E-state index < -0.39 is 17.4 Å². The van der Waals surface area contributed by atoms with E-state index in [0.29, 0.717) is 0 Å². The van der Waals surface area contributed by atoms with E-state index in [-0.39, 0.29) is 5.69 Å². The van der Waals surface area contributed by atoms with E-state index in [9.17, 15) is 13.2 Å². The van der Waals surface area contributed by atoms with Crippen molar-refractivity contribution < 1.29 is 13.2 Å². The van der Waals surface area contributed by atoms with Crippen LogP contribution in [0.4, 0.5) is 13.2 Å².